The molecule has 4 N–H and O–H groups in total. The van der Waals surface area contributed by atoms with E-state index in [1.165, 1.54) is 15.6 Å². The molecule has 0 saturated carbocycles. The van der Waals surface area contributed by atoms with Crippen molar-refractivity contribution in [3.8, 4) is 0 Å². The fourth-order valence-corrected chi connectivity index (χ4v) is 4.61. The highest BCUT2D eigenvalue weighted by atomic mass is 32.1. The van der Waals surface area contributed by atoms with Gasteiger partial charge >= 0.3 is 0 Å². The summed E-state index contributed by atoms with van der Waals surface area (Å²) >= 11 is 1.72. The zero-order valence-corrected chi connectivity index (χ0v) is 15.4. The molecule has 1 fully saturated rings. The molecule has 1 unspecified atom stereocenters. The predicted molar refractivity (Wildman–Crippen MR) is 104 cm³/mol. The third-order valence-electron chi connectivity index (χ3n) is 5.13. The Morgan fingerprint density at radius 2 is 1.74 bits per heavy atom. The lowest BCUT2D eigenvalue weighted by atomic mass is 9.90. The standard InChI is InChI=1S/C21H22O5S/c22-10-16-18(23)19(24)20(25)21(26-16)13-5-3-4-12(8-13)9-14-11-27-17-7-2-1-6-15(14)17/h1-8,11,16,18-25H,9-10H2/t16-,18-,19?,20-,21+/m1/s1. The minimum atomic E-state index is -1.37. The summed E-state index contributed by atoms with van der Waals surface area (Å²) in [7, 11) is 0. The fraction of sp³-hybridized carbons (Fsp3) is 0.333. The van der Waals surface area contributed by atoms with Gasteiger partial charge in [0.1, 0.15) is 30.5 Å². The van der Waals surface area contributed by atoms with Gasteiger partial charge in [-0.25, -0.2) is 0 Å². The molecule has 0 bridgehead atoms. The zero-order chi connectivity index (χ0) is 19.0. The largest absolute Gasteiger partial charge is 0.394 e. The summed E-state index contributed by atoms with van der Waals surface area (Å²) in [6.07, 6.45) is -4.94. The number of hydrogen-bond donors (Lipinski definition) is 4. The second-order valence-electron chi connectivity index (χ2n) is 6.93. The van der Waals surface area contributed by atoms with Gasteiger partial charge in [-0.3, -0.25) is 0 Å². The minimum absolute atomic E-state index is 0.429. The molecular formula is C21H22O5S. The van der Waals surface area contributed by atoms with Gasteiger partial charge in [0.2, 0.25) is 0 Å². The Morgan fingerprint density at radius 3 is 2.56 bits per heavy atom. The zero-order valence-electron chi connectivity index (χ0n) is 14.6. The Bertz CT molecular complexity index is 922. The quantitative estimate of drug-likeness (QED) is 0.551. The molecule has 0 aliphatic carbocycles. The summed E-state index contributed by atoms with van der Waals surface area (Å²) in [5.74, 6) is 0. The van der Waals surface area contributed by atoms with E-state index < -0.39 is 37.1 Å². The maximum Gasteiger partial charge on any atom is 0.113 e. The molecule has 2 aromatic carbocycles. The van der Waals surface area contributed by atoms with Crippen LogP contribution in [0.4, 0.5) is 0 Å². The van der Waals surface area contributed by atoms with Crippen molar-refractivity contribution in [3.05, 3.63) is 70.6 Å². The number of benzene rings is 2. The van der Waals surface area contributed by atoms with E-state index in [1.807, 2.05) is 36.4 Å². The van der Waals surface area contributed by atoms with Gasteiger partial charge < -0.3 is 25.2 Å². The van der Waals surface area contributed by atoms with E-state index in [9.17, 15) is 20.4 Å². The molecule has 4 rings (SSSR count). The van der Waals surface area contributed by atoms with Gasteiger partial charge in [-0.1, -0.05) is 42.5 Å². The Morgan fingerprint density at radius 1 is 0.926 bits per heavy atom. The smallest absolute Gasteiger partial charge is 0.113 e. The van der Waals surface area contributed by atoms with Crippen LogP contribution in [0.3, 0.4) is 0 Å². The van der Waals surface area contributed by atoms with Crippen LogP contribution in [0.1, 0.15) is 22.8 Å². The first-order valence-electron chi connectivity index (χ1n) is 8.93. The van der Waals surface area contributed by atoms with Crippen LogP contribution < -0.4 is 0 Å². The predicted octanol–water partition coefficient (Wildman–Crippen LogP) is 2.01. The Kier molecular flexibility index (Phi) is 5.27. The Balaban J connectivity index is 1.60. The van der Waals surface area contributed by atoms with E-state index in [2.05, 4.69) is 17.5 Å². The second kappa shape index (κ2) is 7.67. The van der Waals surface area contributed by atoms with Gasteiger partial charge in [0.05, 0.1) is 6.61 Å². The van der Waals surface area contributed by atoms with Crippen molar-refractivity contribution in [2.45, 2.75) is 36.9 Å². The van der Waals surface area contributed by atoms with Crippen LogP contribution in [0, 0.1) is 0 Å². The highest BCUT2D eigenvalue weighted by Gasteiger charge is 2.43. The van der Waals surface area contributed by atoms with Crippen LogP contribution in [-0.4, -0.2) is 51.4 Å². The van der Waals surface area contributed by atoms with Crippen molar-refractivity contribution in [2.75, 3.05) is 6.61 Å². The maximum atomic E-state index is 10.3. The number of hydrogen-bond acceptors (Lipinski definition) is 6. The number of rotatable bonds is 4. The Hall–Kier alpha value is -1.80. The number of aliphatic hydroxyl groups excluding tert-OH is 4. The molecular weight excluding hydrogens is 364 g/mol. The third-order valence-corrected chi connectivity index (χ3v) is 6.14. The first-order valence-corrected chi connectivity index (χ1v) is 9.81. The average Bonchev–Trinajstić information content (AvgIpc) is 3.10. The molecule has 1 aliphatic rings. The maximum absolute atomic E-state index is 10.3. The topological polar surface area (TPSA) is 90.2 Å². The van der Waals surface area contributed by atoms with Crippen molar-refractivity contribution in [2.24, 2.45) is 0 Å². The molecule has 6 heteroatoms. The molecule has 5 nitrogen and oxygen atoms in total. The van der Waals surface area contributed by atoms with Gasteiger partial charge in [-0.15, -0.1) is 11.3 Å². The molecule has 2 heterocycles. The van der Waals surface area contributed by atoms with Crippen LogP contribution >= 0.6 is 11.3 Å². The van der Waals surface area contributed by atoms with E-state index in [1.54, 1.807) is 11.3 Å². The van der Waals surface area contributed by atoms with Gasteiger partial charge in [0.15, 0.2) is 0 Å². The number of fused-ring (bicyclic) bond motifs is 1. The molecule has 3 aromatic rings. The summed E-state index contributed by atoms with van der Waals surface area (Å²) in [6.45, 7) is -0.429. The van der Waals surface area contributed by atoms with Crippen molar-refractivity contribution < 1.29 is 25.2 Å². The molecule has 5 atom stereocenters. The van der Waals surface area contributed by atoms with E-state index >= 15 is 0 Å². The van der Waals surface area contributed by atoms with Crippen molar-refractivity contribution in [3.63, 3.8) is 0 Å². The van der Waals surface area contributed by atoms with Crippen LogP contribution in [-0.2, 0) is 11.2 Å². The normalized spacial score (nSPS) is 28.5. The lowest BCUT2D eigenvalue weighted by Gasteiger charge is -2.40. The summed E-state index contributed by atoms with van der Waals surface area (Å²) in [6, 6.07) is 15.9. The van der Waals surface area contributed by atoms with Crippen LogP contribution in [0.15, 0.2) is 53.9 Å². The van der Waals surface area contributed by atoms with E-state index in [0.717, 1.165) is 12.0 Å². The first-order chi connectivity index (χ1) is 13.1. The summed E-state index contributed by atoms with van der Waals surface area (Å²) in [5.41, 5.74) is 3.01. The van der Waals surface area contributed by atoms with Crippen LogP contribution in [0.25, 0.3) is 10.1 Å². The minimum Gasteiger partial charge on any atom is -0.394 e. The van der Waals surface area contributed by atoms with Gasteiger partial charge in [0, 0.05) is 4.70 Å². The monoisotopic (exact) mass is 386 g/mol. The lowest BCUT2D eigenvalue weighted by molar-refractivity contribution is -0.231. The van der Waals surface area contributed by atoms with Gasteiger partial charge in [-0.05, 0) is 39.9 Å². The molecule has 1 saturated heterocycles. The second-order valence-corrected chi connectivity index (χ2v) is 7.84. The number of aliphatic hydroxyl groups is 4. The summed E-state index contributed by atoms with van der Waals surface area (Å²) in [4.78, 5) is 0. The molecule has 1 aliphatic heterocycles. The number of thiophene rings is 1. The van der Waals surface area contributed by atoms with Gasteiger partial charge in [-0.2, -0.15) is 0 Å². The van der Waals surface area contributed by atoms with E-state index in [4.69, 9.17) is 4.74 Å². The van der Waals surface area contributed by atoms with Gasteiger partial charge in [0.25, 0.3) is 0 Å². The molecule has 0 spiro atoms. The van der Waals surface area contributed by atoms with E-state index in [0.29, 0.717) is 5.56 Å². The Labute approximate surface area is 161 Å². The highest BCUT2D eigenvalue weighted by Crippen LogP contribution is 2.33. The summed E-state index contributed by atoms with van der Waals surface area (Å²) in [5, 5.41) is 43.1. The highest BCUT2D eigenvalue weighted by molar-refractivity contribution is 7.17. The molecule has 142 valence electrons. The van der Waals surface area contributed by atoms with Crippen LogP contribution in [0.5, 0.6) is 0 Å². The molecule has 0 radical (unpaired) electrons. The van der Waals surface area contributed by atoms with E-state index in [-0.39, 0.29) is 0 Å². The molecule has 1 aromatic heterocycles. The van der Waals surface area contributed by atoms with Crippen molar-refractivity contribution in [1.29, 1.82) is 0 Å². The summed E-state index contributed by atoms with van der Waals surface area (Å²) < 4.78 is 6.92. The molecule has 0 amide bonds. The average molecular weight is 386 g/mol. The van der Waals surface area contributed by atoms with Crippen LogP contribution in [0.2, 0.25) is 0 Å². The SMILES string of the molecule is OC[C@H]1O[C@@H](c2cccc(Cc3csc4ccccc34)c2)[C@H](O)C(O)[C@@H]1O. The molecule has 27 heavy (non-hydrogen) atoms. The number of ether oxygens (including phenoxy) is 1. The van der Waals surface area contributed by atoms with Crippen molar-refractivity contribution in [1.82, 2.24) is 0 Å². The first kappa shape index (κ1) is 18.6. The fourth-order valence-electron chi connectivity index (χ4n) is 3.65. The van der Waals surface area contributed by atoms with Crippen molar-refractivity contribution >= 4 is 21.4 Å². The lowest BCUT2D eigenvalue weighted by Crippen LogP contribution is -2.55. The third kappa shape index (κ3) is 3.52.